The van der Waals surface area contributed by atoms with Crippen LogP contribution in [0.1, 0.15) is 63.9 Å². The molecule has 1 aromatic rings. The van der Waals surface area contributed by atoms with E-state index in [1.165, 1.54) is 56.9 Å². The smallest absolute Gasteiger partial charge is 0.0273 e. The highest BCUT2D eigenvalue weighted by molar-refractivity contribution is 5.72. The molecule has 2 nitrogen and oxygen atoms in total. The molecular formula is C25H36N2. The molecule has 0 radical (unpaired) electrons. The molecule has 0 amide bonds. The van der Waals surface area contributed by atoms with Crippen LogP contribution < -0.4 is 0 Å². The molecular weight excluding hydrogens is 328 g/mol. The molecule has 27 heavy (non-hydrogen) atoms. The third kappa shape index (κ3) is 2.82. The van der Waals surface area contributed by atoms with Gasteiger partial charge in [0.2, 0.25) is 0 Å². The average molecular weight is 365 g/mol. The van der Waals surface area contributed by atoms with Crippen molar-refractivity contribution in [3.63, 3.8) is 0 Å². The Morgan fingerprint density at radius 2 is 1.74 bits per heavy atom. The predicted octanol–water partition coefficient (Wildman–Crippen LogP) is 5.66. The zero-order chi connectivity index (χ0) is 18.6. The van der Waals surface area contributed by atoms with Gasteiger partial charge in [-0.05, 0) is 124 Å². The first-order valence-corrected chi connectivity index (χ1v) is 11.4. The van der Waals surface area contributed by atoms with E-state index < -0.39 is 0 Å². The third-order valence-corrected chi connectivity index (χ3v) is 9.23. The summed E-state index contributed by atoms with van der Waals surface area (Å²) in [5.41, 5.74) is 3.45. The molecule has 1 heterocycles. The highest BCUT2D eigenvalue weighted by atomic mass is 15.1. The van der Waals surface area contributed by atoms with Crippen LogP contribution in [0, 0.1) is 35.0 Å². The van der Waals surface area contributed by atoms with E-state index in [1.54, 1.807) is 5.57 Å². The second-order valence-electron chi connectivity index (χ2n) is 10.4. The topological polar surface area (TPSA) is 16.1 Å². The lowest BCUT2D eigenvalue weighted by molar-refractivity contribution is -0.0482. The summed E-state index contributed by atoms with van der Waals surface area (Å²) in [7, 11) is 4.57. The van der Waals surface area contributed by atoms with Gasteiger partial charge in [-0.3, -0.25) is 4.98 Å². The SMILES string of the molecule is CN(C)C1CCC2C(CCC3C2CCC2(C)C(c4ccncc4)=CCC32)C1. The lowest BCUT2D eigenvalue weighted by Crippen LogP contribution is -2.49. The molecule has 7 atom stereocenters. The fourth-order valence-electron chi connectivity index (χ4n) is 7.84. The molecule has 0 spiro atoms. The van der Waals surface area contributed by atoms with Gasteiger partial charge in [0, 0.05) is 18.4 Å². The Morgan fingerprint density at radius 1 is 0.963 bits per heavy atom. The fourth-order valence-corrected chi connectivity index (χ4v) is 7.84. The van der Waals surface area contributed by atoms with Crippen molar-refractivity contribution in [3.05, 3.63) is 36.2 Å². The lowest BCUT2D eigenvalue weighted by atomic mass is 9.49. The standard InChI is InChI=1S/C25H36N2/c1-25-13-10-21-20-7-5-19(27(2)3)16-18(20)4-6-22(21)24(25)9-8-23(25)17-11-14-26-15-12-17/h8,11-12,14-15,18-22,24H,4-7,9-10,13,16H2,1-3H3. The maximum atomic E-state index is 4.24. The van der Waals surface area contributed by atoms with E-state index in [0.29, 0.717) is 5.41 Å². The number of allylic oxidation sites excluding steroid dienone is 2. The van der Waals surface area contributed by atoms with Crippen molar-refractivity contribution in [1.29, 1.82) is 0 Å². The van der Waals surface area contributed by atoms with Gasteiger partial charge in [0.05, 0.1) is 0 Å². The Morgan fingerprint density at radius 3 is 2.52 bits per heavy atom. The van der Waals surface area contributed by atoms with E-state index in [4.69, 9.17) is 0 Å². The lowest BCUT2D eigenvalue weighted by Gasteiger charge is -2.56. The fraction of sp³-hybridized carbons (Fsp3) is 0.720. The van der Waals surface area contributed by atoms with Gasteiger partial charge < -0.3 is 4.90 Å². The first-order chi connectivity index (χ1) is 13.1. The maximum Gasteiger partial charge on any atom is 0.0273 e. The normalized spacial score (nSPS) is 43.6. The minimum Gasteiger partial charge on any atom is -0.306 e. The van der Waals surface area contributed by atoms with Crippen LogP contribution in [-0.2, 0) is 0 Å². The first-order valence-electron chi connectivity index (χ1n) is 11.4. The Bertz CT molecular complexity index is 708. The number of nitrogens with zero attached hydrogens (tertiary/aromatic N) is 2. The van der Waals surface area contributed by atoms with Gasteiger partial charge >= 0.3 is 0 Å². The number of fused-ring (bicyclic) bond motifs is 5. The molecule has 0 saturated heterocycles. The van der Waals surface area contributed by atoms with Crippen LogP contribution in [0.25, 0.3) is 5.57 Å². The van der Waals surface area contributed by atoms with E-state index in [9.17, 15) is 0 Å². The molecule has 5 rings (SSSR count). The molecule has 3 saturated carbocycles. The summed E-state index contributed by atoms with van der Waals surface area (Å²) >= 11 is 0. The van der Waals surface area contributed by atoms with Crippen LogP contribution in [0.4, 0.5) is 0 Å². The molecule has 7 unspecified atom stereocenters. The molecule has 0 bridgehead atoms. The highest BCUT2D eigenvalue weighted by Crippen LogP contribution is 2.64. The quantitative estimate of drug-likeness (QED) is 0.673. The summed E-state index contributed by atoms with van der Waals surface area (Å²) in [6.45, 7) is 2.59. The van der Waals surface area contributed by atoms with Gasteiger partial charge in [0.15, 0.2) is 0 Å². The van der Waals surface area contributed by atoms with Crippen molar-refractivity contribution >= 4 is 5.57 Å². The van der Waals surface area contributed by atoms with Crippen molar-refractivity contribution in [2.24, 2.45) is 35.0 Å². The Hall–Kier alpha value is -1.15. The number of rotatable bonds is 2. The van der Waals surface area contributed by atoms with Gasteiger partial charge in [-0.25, -0.2) is 0 Å². The van der Waals surface area contributed by atoms with Crippen LogP contribution in [0.3, 0.4) is 0 Å². The summed E-state index contributed by atoms with van der Waals surface area (Å²) < 4.78 is 0. The van der Waals surface area contributed by atoms with Gasteiger partial charge in [-0.1, -0.05) is 13.0 Å². The summed E-state index contributed by atoms with van der Waals surface area (Å²) in [6, 6.07) is 5.29. The molecule has 1 aromatic heterocycles. The Kier molecular flexibility index (Phi) is 4.46. The molecule has 0 aromatic carbocycles. The van der Waals surface area contributed by atoms with Gasteiger partial charge in [0.25, 0.3) is 0 Å². The highest BCUT2D eigenvalue weighted by Gasteiger charge is 2.54. The zero-order valence-corrected chi connectivity index (χ0v) is 17.4. The first kappa shape index (κ1) is 17.9. The summed E-state index contributed by atoms with van der Waals surface area (Å²) in [5, 5.41) is 0. The predicted molar refractivity (Wildman–Crippen MR) is 112 cm³/mol. The van der Waals surface area contributed by atoms with Gasteiger partial charge in [0.1, 0.15) is 0 Å². The van der Waals surface area contributed by atoms with Gasteiger partial charge in [-0.2, -0.15) is 0 Å². The summed E-state index contributed by atoms with van der Waals surface area (Å²) in [6.07, 6.45) is 18.1. The summed E-state index contributed by atoms with van der Waals surface area (Å²) in [4.78, 5) is 6.73. The van der Waals surface area contributed by atoms with E-state index >= 15 is 0 Å². The monoisotopic (exact) mass is 364 g/mol. The van der Waals surface area contributed by atoms with Crippen molar-refractivity contribution in [3.8, 4) is 0 Å². The van der Waals surface area contributed by atoms with E-state index in [2.05, 4.69) is 49.1 Å². The van der Waals surface area contributed by atoms with Crippen molar-refractivity contribution in [1.82, 2.24) is 9.88 Å². The molecule has 0 N–H and O–H groups in total. The van der Waals surface area contributed by atoms with Crippen molar-refractivity contribution in [2.45, 2.75) is 64.3 Å². The Labute approximate surface area is 165 Å². The zero-order valence-electron chi connectivity index (χ0n) is 17.4. The molecule has 4 aliphatic carbocycles. The van der Waals surface area contributed by atoms with Crippen LogP contribution >= 0.6 is 0 Å². The van der Waals surface area contributed by atoms with E-state index in [1.807, 2.05) is 12.4 Å². The number of hydrogen-bond donors (Lipinski definition) is 0. The maximum absolute atomic E-state index is 4.24. The third-order valence-electron chi connectivity index (χ3n) is 9.23. The van der Waals surface area contributed by atoms with Crippen molar-refractivity contribution < 1.29 is 0 Å². The second kappa shape index (κ2) is 6.72. The van der Waals surface area contributed by atoms with Crippen molar-refractivity contribution in [2.75, 3.05) is 14.1 Å². The molecule has 2 heteroatoms. The van der Waals surface area contributed by atoms with Crippen LogP contribution in [-0.4, -0.2) is 30.0 Å². The average Bonchev–Trinajstić information content (AvgIpc) is 3.05. The summed E-state index contributed by atoms with van der Waals surface area (Å²) in [5.74, 6) is 4.89. The van der Waals surface area contributed by atoms with Crippen LogP contribution in [0.5, 0.6) is 0 Å². The second-order valence-corrected chi connectivity index (χ2v) is 10.4. The molecule has 146 valence electrons. The van der Waals surface area contributed by atoms with Gasteiger partial charge in [-0.15, -0.1) is 0 Å². The largest absolute Gasteiger partial charge is 0.306 e. The van der Waals surface area contributed by atoms with Crippen LogP contribution in [0.15, 0.2) is 30.6 Å². The molecule has 4 aliphatic rings. The minimum absolute atomic E-state index is 0.399. The number of hydrogen-bond acceptors (Lipinski definition) is 2. The molecule has 3 fully saturated rings. The number of aromatic nitrogens is 1. The minimum atomic E-state index is 0.399. The Balaban J connectivity index is 1.36. The van der Waals surface area contributed by atoms with E-state index in [0.717, 1.165) is 35.6 Å². The number of pyridine rings is 1. The molecule has 0 aliphatic heterocycles. The van der Waals surface area contributed by atoms with E-state index in [-0.39, 0.29) is 0 Å². The van der Waals surface area contributed by atoms with Crippen LogP contribution in [0.2, 0.25) is 0 Å².